The fourth-order valence-electron chi connectivity index (χ4n) is 1.77. The lowest BCUT2D eigenvalue weighted by atomic mass is 10.3. The molecule has 0 fully saturated rings. The Morgan fingerprint density at radius 3 is 3.05 bits per heavy atom. The van der Waals surface area contributed by atoms with Gasteiger partial charge in [0.2, 0.25) is 11.7 Å². The Morgan fingerprint density at radius 1 is 1.40 bits per heavy atom. The smallest absolute Gasteiger partial charge is 0.246 e. The molecule has 102 valence electrons. The molecule has 3 rings (SSSR count). The minimum absolute atomic E-state index is 0.428. The standard InChI is InChI=1S/C13H12ClN5O/c1-19-6-5-15-13(19)12-17-11(20-18-12)8-16-10-4-2-3-9(14)7-10/h2-7,16H,8H2,1H3. The molecule has 1 aromatic carbocycles. The fraction of sp³-hybridized carbons (Fsp3) is 0.154. The summed E-state index contributed by atoms with van der Waals surface area (Å²) in [6.45, 7) is 0.428. The first-order valence-corrected chi connectivity index (χ1v) is 6.40. The molecule has 0 aliphatic rings. The average molecular weight is 290 g/mol. The highest BCUT2D eigenvalue weighted by Crippen LogP contribution is 2.16. The maximum absolute atomic E-state index is 5.91. The minimum atomic E-state index is 0.428. The first-order valence-electron chi connectivity index (χ1n) is 6.02. The molecule has 0 aliphatic heterocycles. The van der Waals surface area contributed by atoms with Gasteiger partial charge in [0.15, 0.2) is 5.82 Å². The largest absolute Gasteiger partial charge is 0.376 e. The van der Waals surface area contributed by atoms with Crippen LogP contribution in [0.1, 0.15) is 5.89 Å². The summed E-state index contributed by atoms with van der Waals surface area (Å²) in [4.78, 5) is 8.46. The van der Waals surface area contributed by atoms with E-state index in [1.54, 1.807) is 6.20 Å². The Labute approximate surface area is 120 Å². The summed E-state index contributed by atoms with van der Waals surface area (Å²) in [5, 5.41) is 7.76. The third-order valence-corrected chi connectivity index (χ3v) is 2.99. The second-order valence-corrected chi connectivity index (χ2v) is 4.67. The molecular formula is C13H12ClN5O. The third kappa shape index (κ3) is 2.65. The monoisotopic (exact) mass is 289 g/mol. The summed E-state index contributed by atoms with van der Waals surface area (Å²) in [5.41, 5.74) is 0.897. The molecule has 0 atom stereocenters. The fourth-order valence-corrected chi connectivity index (χ4v) is 1.96. The number of imidazole rings is 1. The quantitative estimate of drug-likeness (QED) is 0.800. The number of hydrogen-bond donors (Lipinski definition) is 1. The Morgan fingerprint density at radius 2 is 2.30 bits per heavy atom. The van der Waals surface area contributed by atoms with Gasteiger partial charge in [0.25, 0.3) is 0 Å². The third-order valence-electron chi connectivity index (χ3n) is 2.76. The molecule has 0 unspecified atom stereocenters. The minimum Gasteiger partial charge on any atom is -0.376 e. The number of hydrogen-bond acceptors (Lipinski definition) is 5. The van der Waals surface area contributed by atoms with Gasteiger partial charge in [-0.1, -0.05) is 22.8 Å². The van der Waals surface area contributed by atoms with Crippen LogP contribution >= 0.6 is 11.6 Å². The van der Waals surface area contributed by atoms with Crippen LogP contribution in [0.25, 0.3) is 11.6 Å². The highest BCUT2D eigenvalue weighted by atomic mass is 35.5. The zero-order valence-electron chi connectivity index (χ0n) is 10.7. The number of rotatable bonds is 4. The Balaban J connectivity index is 1.70. The number of halogens is 1. The van der Waals surface area contributed by atoms with E-state index in [0.29, 0.717) is 29.1 Å². The second kappa shape index (κ2) is 5.34. The van der Waals surface area contributed by atoms with Crippen molar-refractivity contribution < 1.29 is 4.52 Å². The van der Waals surface area contributed by atoms with Crippen LogP contribution in [0.4, 0.5) is 5.69 Å². The lowest BCUT2D eigenvalue weighted by molar-refractivity contribution is 0.383. The number of nitrogens with zero attached hydrogens (tertiary/aromatic N) is 4. The van der Waals surface area contributed by atoms with E-state index in [4.69, 9.17) is 16.1 Å². The van der Waals surface area contributed by atoms with E-state index in [1.165, 1.54) is 0 Å². The van der Waals surface area contributed by atoms with Gasteiger partial charge in [-0.3, -0.25) is 0 Å². The number of benzene rings is 1. The maximum Gasteiger partial charge on any atom is 0.246 e. The van der Waals surface area contributed by atoms with Crippen molar-refractivity contribution in [3.63, 3.8) is 0 Å². The lowest BCUT2D eigenvalue weighted by Gasteiger charge is -2.02. The van der Waals surface area contributed by atoms with E-state index in [1.807, 2.05) is 42.1 Å². The van der Waals surface area contributed by atoms with Gasteiger partial charge in [-0.05, 0) is 18.2 Å². The van der Waals surface area contributed by atoms with Crippen molar-refractivity contribution in [2.24, 2.45) is 7.05 Å². The van der Waals surface area contributed by atoms with Crippen molar-refractivity contribution in [1.82, 2.24) is 19.7 Å². The number of aromatic nitrogens is 4. The van der Waals surface area contributed by atoms with E-state index < -0.39 is 0 Å². The molecule has 0 bridgehead atoms. The molecule has 0 radical (unpaired) electrons. The van der Waals surface area contributed by atoms with E-state index >= 15 is 0 Å². The van der Waals surface area contributed by atoms with Gasteiger partial charge in [-0.25, -0.2) is 4.98 Å². The topological polar surface area (TPSA) is 68.8 Å². The molecular weight excluding hydrogens is 278 g/mol. The van der Waals surface area contributed by atoms with Crippen LogP contribution in [-0.2, 0) is 13.6 Å². The van der Waals surface area contributed by atoms with Gasteiger partial charge in [0, 0.05) is 30.2 Å². The van der Waals surface area contributed by atoms with Crippen LogP contribution in [0.2, 0.25) is 5.02 Å². The molecule has 2 heterocycles. The second-order valence-electron chi connectivity index (χ2n) is 4.24. The van der Waals surface area contributed by atoms with Gasteiger partial charge in [0.05, 0.1) is 6.54 Å². The van der Waals surface area contributed by atoms with Crippen molar-refractivity contribution in [3.05, 3.63) is 47.6 Å². The highest BCUT2D eigenvalue weighted by molar-refractivity contribution is 6.30. The lowest BCUT2D eigenvalue weighted by Crippen LogP contribution is -2.00. The van der Waals surface area contributed by atoms with Crippen LogP contribution < -0.4 is 5.32 Å². The molecule has 0 saturated carbocycles. The van der Waals surface area contributed by atoms with Crippen molar-refractivity contribution in [1.29, 1.82) is 0 Å². The van der Waals surface area contributed by atoms with Crippen molar-refractivity contribution in [2.45, 2.75) is 6.54 Å². The van der Waals surface area contributed by atoms with Gasteiger partial charge in [-0.2, -0.15) is 4.98 Å². The first kappa shape index (κ1) is 12.7. The normalized spacial score (nSPS) is 10.7. The highest BCUT2D eigenvalue weighted by Gasteiger charge is 2.12. The summed E-state index contributed by atoms with van der Waals surface area (Å²) in [5.74, 6) is 1.63. The van der Waals surface area contributed by atoms with Gasteiger partial charge in [0.1, 0.15) is 0 Å². The molecule has 3 aromatic rings. The molecule has 1 N–H and O–H groups in total. The Bertz CT molecular complexity index is 721. The summed E-state index contributed by atoms with van der Waals surface area (Å²) >= 11 is 5.91. The van der Waals surface area contributed by atoms with Gasteiger partial charge in [-0.15, -0.1) is 0 Å². The van der Waals surface area contributed by atoms with Crippen LogP contribution in [0, 0.1) is 0 Å². The molecule has 2 aromatic heterocycles. The summed E-state index contributed by atoms with van der Waals surface area (Å²) < 4.78 is 7.02. The summed E-state index contributed by atoms with van der Waals surface area (Å²) in [7, 11) is 1.88. The number of nitrogens with one attached hydrogen (secondary N) is 1. The van der Waals surface area contributed by atoms with Crippen LogP contribution in [0.3, 0.4) is 0 Å². The van der Waals surface area contributed by atoms with Gasteiger partial charge < -0.3 is 14.4 Å². The van der Waals surface area contributed by atoms with Crippen LogP contribution in [0.5, 0.6) is 0 Å². The zero-order valence-corrected chi connectivity index (χ0v) is 11.5. The molecule has 7 heteroatoms. The molecule has 0 spiro atoms. The maximum atomic E-state index is 5.91. The predicted octanol–water partition coefficient (Wildman–Crippen LogP) is 2.74. The SMILES string of the molecule is Cn1ccnc1-c1noc(CNc2cccc(Cl)c2)n1. The molecule has 6 nitrogen and oxygen atoms in total. The van der Waals surface area contributed by atoms with Crippen molar-refractivity contribution in [2.75, 3.05) is 5.32 Å². The molecule has 0 amide bonds. The van der Waals surface area contributed by atoms with Crippen molar-refractivity contribution in [3.8, 4) is 11.6 Å². The Hall–Kier alpha value is -2.34. The number of anilines is 1. The molecule has 20 heavy (non-hydrogen) atoms. The summed E-state index contributed by atoms with van der Waals surface area (Å²) in [6.07, 6.45) is 3.52. The van der Waals surface area contributed by atoms with E-state index in [9.17, 15) is 0 Å². The Kier molecular flexibility index (Phi) is 3.39. The van der Waals surface area contributed by atoms with E-state index in [-0.39, 0.29) is 0 Å². The average Bonchev–Trinajstić information content (AvgIpc) is 3.05. The summed E-state index contributed by atoms with van der Waals surface area (Å²) in [6, 6.07) is 7.44. The molecule has 0 saturated heterocycles. The van der Waals surface area contributed by atoms with Gasteiger partial charge >= 0.3 is 0 Å². The zero-order chi connectivity index (χ0) is 13.9. The molecule has 0 aliphatic carbocycles. The van der Waals surface area contributed by atoms with Crippen LogP contribution in [0.15, 0.2) is 41.2 Å². The van der Waals surface area contributed by atoms with E-state index in [0.717, 1.165) is 5.69 Å². The van der Waals surface area contributed by atoms with Crippen LogP contribution in [-0.4, -0.2) is 19.7 Å². The first-order chi connectivity index (χ1) is 9.72. The number of aryl methyl sites for hydroxylation is 1. The van der Waals surface area contributed by atoms with E-state index in [2.05, 4.69) is 20.4 Å². The van der Waals surface area contributed by atoms with Crippen molar-refractivity contribution >= 4 is 17.3 Å². The predicted molar refractivity (Wildman–Crippen MR) is 75.3 cm³/mol.